The van der Waals surface area contributed by atoms with Crippen molar-refractivity contribution in [2.75, 3.05) is 18.4 Å². The highest BCUT2D eigenvalue weighted by atomic mass is 16.4. The van der Waals surface area contributed by atoms with Crippen molar-refractivity contribution >= 4 is 23.6 Å². The van der Waals surface area contributed by atoms with Gasteiger partial charge in [-0.1, -0.05) is 32.0 Å². The van der Waals surface area contributed by atoms with Crippen LogP contribution in [0.2, 0.25) is 0 Å². The molecule has 8 nitrogen and oxygen atoms in total. The molecule has 8 heteroatoms. The topological polar surface area (TPSA) is 123 Å². The van der Waals surface area contributed by atoms with E-state index in [-0.39, 0.29) is 11.8 Å². The van der Waals surface area contributed by atoms with Gasteiger partial charge >= 0.3 is 12.0 Å². The zero-order valence-electron chi connectivity index (χ0n) is 19.7. The SMILES string of the molecule is Cc1ccc(C(=O)N2CCC(c3ccc(C#N)cc3)CC2)cc1NC(=O)NC(C(=O)O)C(C)C. The average molecular weight is 463 g/mol. The fourth-order valence-electron chi connectivity index (χ4n) is 4.13. The molecular weight excluding hydrogens is 432 g/mol. The summed E-state index contributed by atoms with van der Waals surface area (Å²) in [5.74, 6) is -1.13. The molecule has 0 aromatic heterocycles. The van der Waals surface area contributed by atoms with Crippen LogP contribution < -0.4 is 10.6 Å². The van der Waals surface area contributed by atoms with Crippen LogP contribution in [0.15, 0.2) is 42.5 Å². The molecule has 1 unspecified atom stereocenters. The van der Waals surface area contributed by atoms with E-state index in [0.717, 1.165) is 18.4 Å². The Labute approximate surface area is 199 Å². The molecule has 178 valence electrons. The van der Waals surface area contributed by atoms with Crippen molar-refractivity contribution in [3.63, 3.8) is 0 Å². The minimum atomic E-state index is -1.10. The molecule has 0 aliphatic carbocycles. The molecule has 0 radical (unpaired) electrons. The van der Waals surface area contributed by atoms with Gasteiger partial charge in [0.2, 0.25) is 0 Å². The van der Waals surface area contributed by atoms with E-state index in [9.17, 15) is 19.5 Å². The summed E-state index contributed by atoms with van der Waals surface area (Å²) in [5, 5.41) is 23.4. The number of carboxylic acid groups (broad SMARTS) is 1. The second-order valence-corrected chi connectivity index (χ2v) is 8.99. The van der Waals surface area contributed by atoms with E-state index >= 15 is 0 Å². The Morgan fingerprint density at radius 3 is 2.29 bits per heavy atom. The van der Waals surface area contributed by atoms with E-state index in [1.165, 1.54) is 5.56 Å². The second kappa shape index (κ2) is 10.8. The normalized spacial score (nSPS) is 14.9. The van der Waals surface area contributed by atoms with Crippen LogP contribution >= 0.6 is 0 Å². The number of aliphatic carboxylic acids is 1. The Morgan fingerprint density at radius 1 is 1.09 bits per heavy atom. The fourth-order valence-corrected chi connectivity index (χ4v) is 4.13. The number of hydrogen-bond donors (Lipinski definition) is 3. The van der Waals surface area contributed by atoms with Gasteiger partial charge in [-0.15, -0.1) is 0 Å². The van der Waals surface area contributed by atoms with Crippen molar-refractivity contribution in [1.82, 2.24) is 10.2 Å². The van der Waals surface area contributed by atoms with Crippen molar-refractivity contribution in [2.24, 2.45) is 5.92 Å². The summed E-state index contributed by atoms with van der Waals surface area (Å²) in [6, 6.07) is 13.2. The van der Waals surface area contributed by atoms with Crippen LogP contribution in [-0.4, -0.2) is 47.0 Å². The van der Waals surface area contributed by atoms with E-state index in [2.05, 4.69) is 16.7 Å². The van der Waals surface area contributed by atoms with Crippen molar-refractivity contribution in [2.45, 2.75) is 45.6 Å². The standard InChI is InChI=1S/C26H30N4O4/c1-16(2)23(25(32)33)29-26(34)28-22-14-21(7-4-17(22)3)24(31)30-12-10-20(11-13-30)19-8-5-18(15-27)6-9-19/h4-9,14,16,20,23H,10-13H2,1-3H3,(H,32,33)(H2,28,29,34). The molecule has 1 saturated heterocycles. The Morgan fingerprint density at radius 2 is 1.74 bits per heavy atom. The summed E-state index contributed by atoms with van der Waals surface area (Å²) < 4.78 is 0. The van der Waals surface area contributed by atoms with E-state index in [1.54, 1.807) is 32.0 Å². The first-order valence-corrected chi connectivity index (χ1v) is 11.4. The van der Waals surface area contributed by atoms with Gasteiger partial charge < -0.3 is 20.6 Å². The lowest BCUT2D eigenvalue weighted by atomic mass is 9.89. The van der Waals surface area contributed by atoms with Gasteiger partial charge in [-0.05, 0) is 67.0 Å². The van der Waals surface area contributed by atoms with Gasteiger partial charge in [-0.2, -0.15) is 5.26 Å². The monoisotopic (exact) mass is 462 g/mol. The minimum Gasteiger partial charge on any atom is -0.480 e. The van der Waals surface area contributed by atoms with E-state index in [0.29, 0.717) is 35.8 Å². The summed E-state index contributed by atoms with van der Waals surface area (Å²) >= 11 is 0. The second-order valence-electron chi connectivity index (χ2n) is 8.99. The van der Waals surface area contributed by atoms with E-state index < -0.39 is 18.0 Å². The van der Waals surface area contributed by atoms with Crippen molar-refractivity contribution in [1.29, 1.82) is 5.26 Å². The Hall–Kier alpha value is -3.86. The number of carboxylic acids is 1. The first kappa shape index (κ1) is 24.8. The number of hydrogen-bond acceptors (Lipinski definition) is 4. The number of carbonyl (C=O) groups excluding carboxylic acids is 2. The molecule has 0 bridgehead atoms. The molecule has 3 amide bonds. The molecule has 3 N–H and O–H groups in total. The number of benzene rings is 2. The summed E-state index contributed by atoms with van der Waals surface area (Å²) in [5.41, 5.74) is 3.51. The summed E-state index contributed by atoms with van der Waals surface area (Å²) in [7, 11) is 0. The minimum absolute atomic E-state index is 0.104. The Kier molecular flexibility index (Phi) is 7.90. The molecular formula is C26H30N4O4. The smallest absolute Gasteiger partial charge is 0.326 e. The number of aryl methyl sites for hydroxylation is 1. The summed E-state index contributed by atoms with van der Waals surface area (Å²) in [4.78, 5) is 38.7. The van der Waals surface area contributed by atoms with Crippen LogP contribution in [0, 0.1) is 24.2 Å². The number of piperidine rings is 1. The van der Waals surface area contributed by atoms with Crippen molar-refractivity contribution in [3.05, 3.63) is 64.7 Å². The van der Waals surface area contributed by atoms with Gasteiger partial charge in [0.25, 0.3) is 5.91 Å². The van der Waals surface area contributed by atoms with Gasteiger partial charge in [-0.3, -0.25) is 4.79 Å². The van der Waals surface area contributed by atoms with Crippen LogP contribution in [0.25, 0.3) is 0 Å². The lowest BCUT2D eigenvalue weighted by Gasteiger charge is -2.32. The zero-order valence-corrected chi connectivity index (χ0v) is 19.7. The summed E-state index contributed by atoms with van der Waals surface area (Å²) in [6.07, 6.45) is 1.67. The van der Waals surface area contributed by atoms with Crippen LogP contribution in [-0.2, 0) is 4.79 Å². The van der Waals surface area contributed by atoms with Gasteiger partial charge in [0.1, 0.15) is 6.04 Å². The molecule has 3 rings (SSSR count). The van der Waals surface area contributed by atoms with Gasteiger partial charge in [0.05, 0.1) is 11.6 Å². The van der Waals surface area contributed by atoms with E-state index in [1.807, 2.05) is 36.1 Å². The highest BCUT2D eigenvalue weighted by Gasteiger charge is 2.26. The fraction of sp³-hybridized carbons (Fsp3) is 0.385. The molecule has 1 atom stereocenters. The molecule has 0 saturated carbocycles. The highest BCUT2D eigenvalue weighted by Crippen LogP contribution is 2.29. The number of anilines is 1. The third kappa shape index (κ3) is 5.93. The first-order valence-electron chi connectivity index (χ1n) is 11.4. The zero-order chi connectivity index (χ0) is 24.8. The largest absolute Gasteiger partial charge is 0.480 e. The number of nitriles is 1. The average Bonchev–Trinajstić information content (AvgIpc) is 2.83. The van der Waals surface area contributed by atoms with Crippen LogP contribution in [0.1, 0.15) is 59.7 Å². The third-order valence-corrected chi connectivity index (χ3v) is 6.25. The number of rotatable bonds is 6. The number of amides is 3. The predicted octanol–water partition coefficient (Wildman–Crippen LogP) is 4.12. The number of nitrogens with one attached hydrogen (secondary N) is 2. The summed E-state index contributed by atoms with van der Waals surface area (Å²) in [6.45, 7) is 6.48. The molecule has 34 heavy (non-hydrogen) atoms. The maximum Gasteiger partial charge on any atom is 0.326 e. The quantitative estimate of drug-likeness (QED) is 0.596. The van der Waals surface area contributed by atoms with Crippen molar-refractivity contribution < 1.29 is 19.5 Å². The number of urea groups is 1. The van der Waals surface area contributed by atoms with E-state index in [4.69, 9.17) is 5.26 Å². The van der Waals surface area contributed by atoms with Crippen LogP contribution in [0.3, 0.4) is 0 Å². The van der Waals surface area contributed by atoms with Crippen molar-refractivity contribution in [3.8, 4) is 6.07 Å². The van der Waals surface area contributed by atoms with Gasteiger partial charge in [0, 0.05) is 24.3 Å². The molecule has 2 aromatic rings. The van der Waals surface area contributed by atoms with Crippen LogP contribution in [0.5, 0.6) is 0 Å². The Balaban J connectivity index is 1.63. The molecule has 1 aliphatic heterocycles. The van der Waals surface area contributed by atoms with Gasteiger partial charge in [0.15, 0.2) is 0 Å². The molecule has 1 heterocycles. The molecule has 1 aliphatic rings. The molecule has 1 fully saturated rings. The van der Waals surface area contributed by atoms with Crippen LogP contribution in [0.4, 0.5) is 10.5 Å². The number of likely N-dealkylation sites (tertiary alicyclic amines) is 1. The highest BCUT2D eigenvalue weighted by molar-refractivity contribution is 5.98. The molecule has 2 aromatic carbocycles. The number of nitrogens with zero attached hydrogens (tertiary/aromatic N) is 2. The maximum absolute atomic E-state index is 13.1. The lowest BCUT2D eigenvalue weighted by molar-refractivity contribution is -0.140. The van der Waals surface area contributed by atoms with Gasteiger partial charge in [-0.25, -0.2) is 9.59 Å². The first-order chi connectivity index (χ1) is 16.2. The number of carbonyl (C=O) groups is 3. The predicted molar refractivity (Wildman–Crippen MR) is 129 cm³/mol. The Bertz CT molecular complexity index is 1100. The molecule has 0 spiro atoms. The lowest BCUT2D eigenvalue weighted by Crippen LogP contribution is -2.46. The maximum atomic E-state index is 13.1. The third-order valence-electron chi connectivity index (χ3n) is 6.25.